The second-order valence-corrected chi connectivity index (χ2v) is 7.45. The third-order valence-corrected chi connectivity index (χ3v) is 5.06. The highest BCUT2D eigenvalue weighted by molar-refractivity contribution is 5.76. The van der Waals surface area contributed by atoms with E-state index < -0.39 is 0 Å². The average Bonchev–Trinajstić information content (AvgIpc) is 3.15. The van der Waals surface area contributed by atoms with Crippen LogP contribution >= 0.6 is 0 Å². The third-order valence-electron chi connectivity index (χ3n) is 5.06. The first kappa shape index (κ1) is 19.9. The number of hydrogen-bond acceptors (Lipinski definition) is 1. The van der Waals surface area contributed by atoms with Crippen molar-refractivity contribution in [3.05, 3.63) is 95.3 Å². The fourth-order valence-corrected chi connectivity index (χ4v) is 3.36. The van der Waals surface area contributed by atoms with E-state index in [-0.39, 0.29) is 5.91 Å². The Balaban J connectivity index is 1.75. The monoisotopic (exact) mass is 374 g/mol. The molecule has 0 aliphatic carbocycles. The zero-order chi connectivity index (χ0) is 19.8. The summed E-state index contributed by atoms with van der Waals surface area (Å²) in [6, 6.07) is 23.1. The van der Waals surface area contributed by atoms with Crippen LogP contribution in [0.2, 0.25) is 0 Å². The Morgan fingerprint density at radius 3 is 2.36 bits per heavy atom. The average molecular weight is 375 g/mol. The molecule has 0 unspecified atom stereocenters. The first-order valence-corrected chi connectivity index (χ1v) is 10.2. The van der Waals surface area contributed by atoms with Crippen molar-refractivity contribution in [1.29, 1.82) is 0 Å². The van der Waals surface area contributed by atoms with Crippen molar-refractivity contribution in [2.24, 2.45) is 0 Å². The summed E-state index contributed by atoms with van der Waals surface area (Å²) in [5, 5.41) is 0. The summed E-state index contributed by atoms with van der Waals surface area (Å²) < 4.78 is 2.25. The van der Waals surface area contributed by atoms with Crippen LogP contribution in [0.25, 0.3) is 0 Å². The molecule has 3 nitrogen and oxygen atoms in total. The molecule has 0 aliphatic heterocycles. The van der Waals surface area contributed by atoms with Gasteiger partial charge in [0.1, 0.15) is 0 Å². The van der Waals surface area contributed by atoms with E-state index in [4.69, 9.17) is 0 Å². The van der Waals surface area contributed by atoms with Crippen LogP contribution in [0, 0.1) is 6.92 Å². The lowest BCUT2D eigenvalue weighted by molar-refractivity contribution is -0.132. The molecular weight excluding hydrogens is 344 g/mol. The summed E-state index contributed by atoms with van der Waals surface area (Å²) in [7, 11) is 0. The summed E-state index contributed by atoms with van der Waals surface area (Å²) in [6.07, 6.45) is 4.69. The predicted octanol–water partition coefficient (Wildman–Crippen LogP) is 5.56. The number of aromatic nitrogens is 1. The molecule has 0 radical (unpaired) electrons. The molecule has 2 aromatic carbocycles. The maximum Gasteiger partial charge on any atom is 0.223 e. The zero-order valence-corrected chi connectivity index (χ0v) is 17.0. The predicted molar refractivity (Wildman–Crippen MR) is 115 cm³/mol. The fraction of sp³-hybridized carbons (Fsp3) is 0.320. The van der Waals surface area contributed by atoms with E-state index in [2.05, 4.69) is 73.1 Å². The standard InChI is InChI=1S/C25H30N2O/c1-3-4-12-25(28)27(19-22-9-6-5-7-10-22)20-24-11-8-17-26(24)18-23-15-13-21(2)14-16-23/h5-11,13-17H,3-4,12,18-20H2,1-2H3. The molecule has 3 aromatic rings. The molecule has 0 atom stereocenters. The maximum absolute atomic E-state index is 12.9. The van der Waals surface area contributed by atoms with E-state index in [1.807, 2.05) is 23.1 Å². The number of hydrogen-bond donors (Lipinski definition) is 0. The molecule has 0 spiro atoms. The van der Waals surface area contributed by atoms with E-state index in [1.165, 1.54) is 22.4 Å². The molecule has 0 fully saturated rings. The molecule has 3 rings (SSSR count). The first-order chi connectivity index (χ1) is 13.7. The number of rotatable bonds is 9. The van der Waals surface area contributed by atoms with Crippen molar-refractivity contribution in [3.8, 4) is 0 Å². The lowest BCUT2D eigenvalue weighted by atomic mass is 10.1. The highest BCUT2D eigenvalue weighted by Crippen LogP contribution is 2.15. The van der Waals surface area contributed by atoms with Crippen LogP contribution in [0.4, 0.5) is 0 Å². The molecule has 0 bridgehead atoms. The van der Waals surface area contributed by atoms with Crippen LogP contribution in [0.1, 0.15) is 48.6 Å². The summed E-state index contributed by atoms with van der Waals surface area (Å²) in [4.78, 5) is 14.8. The molecular formula is C25H30N2O. The van der Waals surface area contributed by atoms with Crippen LogP contribution in [0.5, 0.6) is 0 Å². The van der Waals surface area contributed by atoms with Crippen LogP contribution in [-0.4, -0.2) is 15.4 Å². The van der Waals surface area contributed by atoms with E-state index in [9.17, 15) is 4.79 Å². The zero-order valence-electron chi connectivity index (χ0n) is 17.0. The molecule has 0 N–H and O–H groups in total. The molecule has 0 aliphatic rings. The van der Waals surface area contributed by atoms with Crippen LogP contribution in [-0.2, 0) is 24.4 Å². The molecule has 1 amide bonds. The lowest BCUT2D eigenvalue weighted by Gasteiger charge is -2.24. The molecule has 3 heteroatoms. The number of carbonyl (C=O) groups is 1. The molecule has 0 saturated carbocycles. The second kappa shape index (κ2) is 9.93. The normalized spacial score (nSPS) is 10.8. The lowest BCUT2D eigenvalue weighted by Crippen LogP contribution is -2.30. The van der Waals surface area contributed by atoms with Crippen LogP contribution < -0.4 is 0 Å². The minimum absolute atomic E-state index is 0.230. The highest BCUT2D eigenvalue weighted by Gasteiger charge is 2.16. The summed E-state index contributed by atoms with van der Waals surface area (Å²) in [5.41, 5.74) is 4.88. The Hall–Kier alpha value is -2.81. The number of amides is 1. The van der Waals surface area contributed by atoms with E-state index in [0.717, 1.165) is 19.4 Å². The topological polar surface area (TPSA) is 25.2 Å². The van der Waals surface area contributed by atoms with Gasteiger partial charge in [-0.25, -0.2) is 0 Å². The van der Waals surface area contributed by atoms with Gasteiger partial charge in [0.05, 0.1) is 6.54 Å². The Morgan fingerprint density at radius 2 is 1.64 bits per heavy atom. The highest BCUT2D eigenvalue weighted by atomic mass is 16.2. The molecule has 28 heavy (non-hydrogen) atoms. The number of benzene rings is 2. The minimum Gasteiger partial charge on any atom is -0.345 e. The first-order valence-electron chi connectivity index (χ1n) is 10.2. The van der Waals surface area contributed by atoms with Gasteiger partial charge < -0.3 is 9.47 Å². The number of nitrogens with zero attached hydrogens (tertiary/aromatic N) is 2. The van der Waals surface area contributed by atoms with Crippen LogP contribution in [0.3, 0.4) is 0 Å². The molecule has 0 saturated heterocycles. The number of unbranched alkanes of at least 4 members (excludes halogenated alkanes) is 1. The Kier molecular flexibility index (Phi) is 7.07. The van der Waals surface area contributed by atoms with Gasteiger partial charge >= 0.3 is 0 Å². The van der Waals surface area contributed by atoms with Crippen molar-refractivity contribution in [2.45, 2.75) is 52.7 Å². The van der Waals surface area contributed by atoms with Gasteiger partial charge in [-0.2, -0.15) is 0 Å². The van der Waals surface area contributed by atoms with Gasteiger partial charge in [0.15, 0.2) is 0 Å². The quantitative estimate of drug-likeness (QED) is 0.481. The van der Waals surface area contributed by atoms with Gasteiger partial charge in [-0.3, -0.25) is 4.79 Å². The largest absolute Gasteiger partial charge is 0.345 e. The van der Waals surface area contributed by atoms with Crippen molar-refractivity contribution in [2.75, 3.05) is 0 Å². The summed E-state index contributed by atoms with van der Waals surface area (Å²) >= 11 is 0. The number of carbonyl (C=O) groups excluding carboxylic acids is 1. The maximum atomic E-state index is 12.9. The van der Waals surface area contributed by atoms with Crippen molar-refractivity contribution in [3.63, 3.8) is 0 Å². The van der Waals surface area contributed by atoms with Crippen molar-refractivity contribution < 1.29 is 4.79 Å². The van der Waals surface area contributed by atoms with E-state index in [1.54, 1.807) is 0 Å². The molecule has 146 valence electrons. The van der Waals surface area contributed by atoms with Crippen LogP contribution in [0.15, 0.2) is 72.9 Å². The Bertz CT molecular complexity index is 865. The SMILES string of the molecule is CCCCC(=O)N(Cc1ccccc1)Cc1cccn1Cc1ccc(C)cc1. The van der Waals surface area contributed by atoms with Gasteiger partial charge in [-0.15, -0.1) is 0 Å². The summed E-state index contributed by atoms with van der Waals surface area (Å²) in [5.74, 6) is 0.230. The van der Waals surface area contributed by atoms with Gasteiger partial charge in [-0.05, 0) is 36.6 Å². The summed E-state index contributed by atoms with van der Waals surface area (Å²) in [6.45, 7) is 6.34. The van der Waals surface area contributed by atoms with Gasteiger partial charge in [0.2, 0.25) is 5.91 Å². The van der Waals surface area contributed by atoms with Gasteiger partial charge in [0.25, 0.3) is 0 Å². The van der Waals surface area contributed by atoms with Gasteiger partial charge in [0, 0.05) is 31.4 Å². The Morgan fingerprint density at radius 1 is 0.893 bits per heavy atom. The number of aryl methyl sites for hydroxylation is 1. The van der Waals surface area contributed by atoms with Gasteiger partial charge in [-0.1, -0.05) is 73.5 Å². The van der Waals surface area contributed by atoms with E-state index in [0.29, 0.717) is 19.5 Å². The third kappa shape index (κ3) is 5.59. The second-order valence-electron chi connectivity index (χ2n) is 7.45. The minimum atomic E-state index is 0.230. The Labute approximate surface area is 168 Å². The smallest absolute Gasteiger partial charge is 0.223 e. The molecule has 1 heterocycles. The van der Waals surface area contributed by atoms with Crippen molar-refractivity contribution >= 4 is 5.91 Å². The van der Waals surface area contributed by atoms with E-state index >= 15 is 0 Å². The molecule has 1 aromatic heterocycles. The van der Waals surface area contributed by atoms with Crippen molar-refractivity contribution in [1.82, 2.24) is 9.47 Å². The fourth-order valence-electron chi connectivity index (χ4n) is 3.36.